The van der Waals surface area contributed by atoms with Gasteiger partial charge in [-0.05, 0) is 19.4 Å². The molecule has 5 heteroatoms. The van der Waals surface area contributed by atoms with Crippen LogP contribution < -0.4 is 5.73 Å². The van der Waals surface area contributed by atoms with Gasteiger partial charge in [0.05, 0.1) is 12.2 Å². The third kappa shape index (κ3) is 2.50. The van der Waals surface area contributed by atoms with Gasteiger partial charge < -0.3 is 5.73 Å². The zero-order valence-electron chi connectivity index (χ0n) is 9.84. The Morgan fingerprint density at radius 3 is 2.47 bits per heavy atom. The van der Waals surface area contributed by atoms with Crippen LogP contribution in [0.4, 0.5) is 0 Å². The summed E-state index contributed by atoms with van der Waals surface area (Å²) in [6, 6.07) is 8.32. The van der Waals surface area contributed by atoms with Gasteiger partial charge in [-0.3, -0.25) is 0 Å². The molecule has 1 aromatic carbocycles. The van der Waals surface area contributed by atoms with Crippen molar-refractivity contribution in [2.24, 2.45) is 5.73 Å². The lowest BCUT2D eigenvalue weighted by Crippen LogP contribution is -2.12. The second-order valence-electron chi connectivity index (χ2n) is 4.03. The lowest BCUT2D eigenvalue weighted by Gasteiger charge is -2.04. The molecule has 2 rings (SSSR count). The molecule has 0 saturated heterocycles. The number of thiocarbonyl (C=S) groups is 1. The van der Waals surface area contributed by atoms with E-state index in [1.807, 2.05) is 6.92 Å². The van der Waals surface area contributed by atoms with E-state index in [0.717, 1.165) is 5.69 Å². The summed E-state index contributed by atoms with van der Waals surface area (Å²) >= 11 is 4.91. The normalized spacial score (nSPS) is 10.5. The predicted octanol–water partition coefficient (Wildman–Crippen LogP) is 1.58. The molecule has 2 N–H and O–H groups in total. The monoisotopic (exact) mass is 246 g/mol. The number of nitrogens with two attached hydrogens (primary N) is 1. The number of hydrogen-bond acceptors (Lipinski definition) is 3. The first kappa shape index (κ1) is 11.7. The number of hydrogen-bond donors (Lipinski definition) is 1. The second-order valence-corrected chi connectivity index (χ2v) is 4.47. The molecule has 1 heterocycles. The molecule has 1 aromatic heterocycles. The smallest absolute Gasteiger partial charge is 0.142 e. The van der Waals surface area contributed by atoms with Crippen LogP contribution in [0.3, 0.4) is 0 Å². The van der Waals surface area contributed by atoms with Crippen LogP contribution in [0.15, 0.2) is 24.3 Å². The molecule has 4 nitrogen and oxygen atoms in total. The van der Waals surface area contributed by atoms with E-state index < -0.39 is 0 Å². The van der Waals surface area contributed by atoms with Crippen molar-refractivity contribution in [3.63, 3.8) is 0 Å². The van der Waals surface area contributed by atoms with Crippen LogP contribution in [0.1, 0.15) is 22.5 Å². The Morgan fingerprint density at radius 1 is 1.29 bits per heavy atom. The molecule has 2 aromatic rings. The van der Waals surface area contributed by atoms with E-state index >= 15 is 0 Å². The molecule has 0 aliphatic heterocycles. The highest BCUT2D eigenvalue weighted by atomic mass is 32.1. The third-order valence-electron chi connectivity index (χ3n) is 2.67. The van der Waals surface area contributed by atoms with E-state index in [4.69, 9.17) is 18.0 Å². The lowest BCUT2D eigenvalue weighted by molar-refractivity contribution is 0.633. The largest absolute Gasteiger partial charge is 0.388 e. The maximum absolute atomic E-state index is 5.56. The average Bonchev–Trinajstić information content (AvgIpc) is 2.64. The first-order valence-electron chi connectivity index (χ1n) is 5.33. The van der Waals surface area contributed by atoms with Crippen molar-refractivity contribution in [3.8, 4) is 0 Å². The van der Waals surface area contributed by atoms with Crippen molar-refractivity contribution in [2.75, 3.05) is 0 Å². The van der Waals surface area contributed by atoms with E-state index in [2.05, 4.69) is 41.5 Å². The molecule has 0 aliphatic rings. The molecule has 0 unspecified atom stereocenters. The summed E-state index contributed by atoms with van der Waals surface area (Å²) < 4.78 is 1.80. The van der Waals surface area contributed by atoms with Crippen molar-refractivity contribution >= 4 is 17.2 Å². The van der Waals surface area contributed by atoms with E-state index in [9.17, 15) is 0 Å². The molecule has 0 saturated carbocycles. The van der Waals surface area contributed by atoms with Gasteiger partial charge in [-0.2, -0.15) is 0 Å². The lowest BCUT2D eigenvalue weighted by atomic mass is 10.1. The average molecular weight is 246 g/mol. The molecule has 0 bridgehead atoms. The first-order chi connectivity index (χ1) is 8.08. The summed E-state index contributed by atoms with van der Waals surface area (Å²) in [5.41, 5.74) is 9.48. The van der Waals surface area contributed by atoms with Crippen LogP contribution in [-0.4, -0.2) is 20.0 Å². The standard InChI is InChI=1S/C12H14N4S/c1-8-3-5-10(6-4-8)7-16-9(2)11(12(13)17)14-15-16/h3-6H,7H2,1-2H3,(H2,13,17). The summed E-state index contributed by atoms with van der Waals surface area (Å²) in [5.74, 6) is 0. The first-order valence-corrected chi connectivity index (χ1v) is 5.74. The molecule has 0 amide bonds. The van der Waals surface area contributed by atoms with Crippen LogP contribution in [0, 0.1) is 13.8 Å². The summed E-state index contributed by atoms with van der Waals surface area (Å²) in [6.45, 7) is 4.67. The molecule has 0 atom stereocenters. The van der Waals surface area contributed by atoms with Crippen LogP contribution in [0.5, 0.6) is 0 Å². The fourth-order valence-corrected chi connectivity index (χ4v) is 1.79. The van der Waals surface area contributed by atoms with Crippen molar-refractivity contribution in [2.45, 2.75) is 20.4 Å². The summed E-state index contributed by atoms with van der Waals surface area (Å²) in [4.78, 5) is 0.289. The van der Waals surface area contributed by atoms with Gasteiger partial charge >= 0.3 is 0 Å². The second kappa shape index (κ2) is 4.63. The minimum absolute atomic E-state index is 0.289. The summed E-state index contributed by atoms with van der Waals surface area (Å²) in [7, 11) is 0. The molecular weight excluding hydrogens is 232 g/mol. The predicted molar refractivity (Wildman–Crippen MR) is 70.9 cm³/mol. The van der Waals surface area contributed by atoms with E-state index in [1.54, 1.807) is 4.68 Å². The Bertz CT molecular complexity index is 542. The van der Waals surface area contributed by atoms with Crippen molar-refractivity contribution < 1.29 is 0 Å². The molecule has 0 radical (unpaired) electrons. The molecule has 88 valence electrons. The van der Waals surface area contributed by atoms with Crippen LogP contribution in [0.2, 0.25) is 0 Å². The molecular formula is C12H14N4S. The minimum Gasteiger partial charge on any atom is -0.388 e. The molecule has 17 heavy (non-hydrogen) atoms. The Labute approximate surface area is 105 Å². The minimum atomic E-state index is 0.289. The summed E-state index contributed by atoms with van der Waals surface area (Å²) in [5, 5.41) is 8.03. The van der Waals surface area contributed by atoms with Crippen LogP contribution in [-0.2, 0) is 6.54 Å². The number of aryl methyl sites for hydroxylation is 1. The van der Waals surface area contributed by atoms with Crippen LogP contribution in [0.25, 0.3) is 0 Å². The Hall–Kier alpha value is -1.75. The summed E-state index contributed by atoms with van der Waals surface area (Å²) in [6.07, 6.45) is 0. The Balaban J connectivity index is 2.24. The van der Waals surface area contributed by atoms with Crippen LogP contribution >= 0.6 is 12.2 Å². The maximum atomic E-state index is 5.56. The van der Waals surface area contributed by atoms with E-state index in [1.165, 1.54) is 11.1 Å². The van der Waals surface area contributed by atoms with Gasteiger partial charge in [0.2, 0.25) is 0 Å². The molecule has 0 spiro atoms. The maximum Gasteiger partial charge on any atom is 0.142 e. The molecule has 0 fully saturated rings. The zero-order valence-corrected chi connectivity index (χ0v) is 10.7. The fraction of sp³-hybridized carbons (Fsp3) is 0.250. The Kier molecular flexibility index (Phi) is 3.19. The quantitative estimate of drug-likeness (QED) is 0.835. The van der Waals surface area contributed by atoms with Gasteiger partial charge in [-0.15, -0.1) is 5.10 Å². The number of aromatic nitrogens is 3. The van der Waals surface area contributed by atoms with Gasteiger partial charge in [0.15, 0.2) is 0 Å². The van der Waals surface area contributed by atoms with Crippen molar-refractivity contribution in [1.82, 2.24) is 15.0 Å². The topological polar surface area (TPSA) is 56.7 Å². The van der Waals surface area contributed by atoms with Gasteiger partial charge in [0, 0.05) is 0 Å². The van der Waals surface area contributed by atoms with Crippen molar-refractivity contribution in [1.29, 1.82) is 0 Å². The number of benzene rings is 1. The third-order valence-corrected chi connectivity index (χ3v) is 2.86. The highest BCUT2D eigenvalue weighted by Gasteiger charge is 2.10. The number of rotatable bonds is 3. The SMILES string of the molecule is Cc1ccc(Cn2nnc(C(N)=S)c2C)cc1. The zero-order chi connectivity index (χ0) is 12.4. The highest BCUT2D eigenvalue weighted by molar-refractivity contribution is 7.80. The van der Waals surface area contributed by atoms with Gasteiger partial charge in [0.25, 0.3) is 0 Å². The fourth-order valence-electron chi connectivity index (χ4n) is 1.60. The highest BCUT2D eigenvalue weighted by Crippen LogP contribution is 2.08. The number of nitrogens with zero attached hydrogens (tertiary/aromatic N) is 3. The van der Waals surface area contributed by atoms with E-state index in [0.29, 0.717) is 12.2 Å². The molecule has 0 aliphatic carbocycles. The van der Waals surface area contributed by atoms with Gasteiger partial charge in [-0.1, -0.05) is 47.3 Å². The van der Waals surface area contributed by atoms with Crippen molar-refractivity contribution in [3.05, 3.63) is 46.8 Å². The van der Waals surface area contributed by atoms with Gasteiger partial charge in [0.1, 0.15) is 10.7 Å². The Morgan fingerprint density at radius 2 is 1.94 bits per heavy atom. The van der Waals surface area contributed by atoms with Gasteiger partial charge in [-0.25, -0.2) is 4.68 Å². The van der Waals surface area contributed by atoms with E-state index in [-0.39, 0.29) is 4.99 Å².